The Bertz CT molecular complexity index is 552. The Morgan fingerprint density at radius 1 is 1.28 bits per heavy atom. The molecule has 0 atom stereocenters. The highest BCUT2D eigenvalue weighted by atomic mass is 16.4. The van der Waals surface area contributed by atoms with Crippen molar-refractivity contribution in [1.82, 2.24) is 9.97 Å². The molecule has 92 valence electrons. The summed E-state index contributed by atoms with van der Waals surface area (Å²) in [5.74, 6) is -0.557. The van der Waals surface area contributed by atoms with Gasteiger partial charge in [-0.25, -0.2) is 14.8 Å². The minimum atomic E-state index is -1.06. The summed E-state index contributed by atoms with van der Waals surface area (Å²) in [6.45, 7) is 2.62. The Morgan fingerprint density at radius 2 is 2.00 bits per heavy atom. The lowest BCUT2D eigenvalue weighted by Crippen LogP contribution is -2.05. The fourth-order valence-electron chi connectivity index (χ4n) is 1.47. The normalized spacial score (nSPS) is 10.1. The SMILES string of the molecule is Cc1ccc(CNc2cc(C(=O)O)ncn2)cc1. The Labute approximate surface area is 105 Å². The maximum Gasteiger partial charge on any atom is 0.354 e. The number of hydrogen-bond donors (Lipinski definition) is 2. The van der Waals surface area contributed by atoms with E-state index >= 15 is 0 Å². The summed E-state index contributed by atoms with van der Waals surface area (Å²) < 4.78 is 0. The highest BCUT2D eigenvalue weighted by Gasteiger charge is 2.05. The third kappa shape index (κ3) is 3.04. The molecule has 0 aliphatic heterocycles. The topological polar surface area (TPSA) is 75.1 Å². The fraction of sp³-hybridized carbons (Fsp3) is 0.154. The van der Waals surface area contributed by atoms with Crippen molar-refractivity contribution >= 4 is 11.8 Å². The van der Waals surface area contributed by atoms with E-state index < -0.39 is 5.97 Å². The number of anilines is 1. The van der Waals surface area contributed by atoms with E-state index in [4.69, 9.17) is 5.11 Å². The molecule has 2 aromatic rings. The Morgan fingerprint density at radius 3 is 2.67 bits per heavy atom. The van der Waals surface area contributed by atoms with Crippen LogP contribution in [-0.2, 0) is 6.54 Å². The number of aryl methyl sites for hydroxylation is 1. The van der Waals surface area contributed by atoms with Crippen LogP contribution in [0.1, 0.15) is 21.6 Å². The summed E-state index contributed by atoms with van der Waals surface area (Å²) in [4.78, 5) is 18.4. The van der Waals surface area contributed by atoms with Crippen LogP contribution in [0.4, 0.5) is 5.82 Å². The van der Waals surface area contributed by atoms with E-state index in [2.05, 4.69) is 15.3 Å². The number of benzene rings is 1. The summed E-state index contributed by atoms with van der Waals surface area (Å²) in [7, 11) is 0. The van der Waals surface area contributed by atoms with Gasteiger partial charge in [-0.05, 0) is 12.5 Å². The first-order chi connectivity index (χ1) is 8.65. The van der Waals surface area contributed by atoms with Crippen molar-refractivity contribution in [3.05, 3.63) is 53.5 Å². The summed E-state index contributed by atoms with van der Waals surface area (Å²) in [6.07, 6.45) is 1.24. The van der Waals surface area contributed by atoms with E-state index in [-0.39, 0.29) is 5.69 Å². The number of rotatable bonds is 4. The Balaban J connectivity index is 2.04. The number of carboxylic acids is 1. The highest BCUT2D eigenvalue weighted by molar-refractivity contribution is 5.85. The third-order valence-electron chi connectivity index (χ3n) is 2.48. The lowest BCUT2D eigenvalue weighted by atomic mass is 10.1. The molecule has 5 heteroatoms. The van der Waals surface area contributed by atoms with Gasteiger partial charge in [-0.1, -0.05) is 29.8 Å². The summed E-state index contributed by atoms with van der Waals surface area (Å²) >= 11 is 0. The van der Waals surface area contributed by atoms with Crippen molar-refractivity contribution in [2.24, 2.45) is 0 Å². The molecule has 0 fully saturated rings. The van der Waals surface area contributed by atoms with Crippen LogP contribution in [0.25, 0.3) is 0 Å². The van der Waals surface area contributed by atoms with Gasteiger partial charge in [0.15, 0.2) is 5.69 Å². The van der Waals surface area contributed by atoms with Crippen molar-refractivity contribution in [2.45, 2.75) is 13.5 Å². The summed E-state index contributed by atoms with van der Waals surface area (Å²) in [6, 6.07) is 9.50. The van der Waals surface area contributed by atoms with E-state index in [1.165, 1.54) is 18.0 Å². The molecule has 18 heavy (non-hydrogen) atoms. The number of carbonyl (C=O) groups is 1. The largest absolute Gasteiger partial charge is 0.477 e. The first-order valence-corrected chi connectivity index (χ1v) is 5.50. The van der Waals surface area contributed by atoms with Crippen molar-refractivity contribution < 1.29 is 9.90 Å². The van der Waals surface area contributed by atoms with Crippen LogP contribution in [0.2, 0.25) is 0 Å². The molecule has 2 N–H and O–H groups in total. The zero-order valence-electron chi connectivity index (χ0n) is 9.92. The molecule has 0 saturated heterocycles. The zero-order valence-corrected chi connectivity index (χ0v) is 9.92. The lowest BCUT2D eigenvalue weighted by molar-refractivity contribution is 0.0690. The Kier molecular flexibility index (Phi) is 3.52. The molecular formula is C13H13N3O2. The predicted molar refractivity (Wildman–Crippen MR) is 67.5 cm³/mol. The molecule has 0 aliphatic rings. The van der Waals surface area contributed by atoms with Crippen molar-refractivity contribution in [2.75, 3.05) is 5.32 Å². The number of hydrogen-bond acceptors (Lipinski definition) is 4. The molecule has 0 radical (unpaired) electrons. The van der Waals surface area contributed by atoms with E-state index in [9.17, 15) is 4.79 Å². The van der Waals surface area contributed by atoms with Gasteiger partial charge in [0.2, 0.25) is 0 Å². The fourth-order valence-corrected chi connectivity index (χ4v) is 1.47. The number of nitrogens with one attached hydrogen (secondary N) is 1. The molecule has 0 saturated carbocycles. The van der Waals surface area contributed by atoms with Gasteiger partial charge in [0.1, 0.15) is 12.1 Å². The maximum atomic E-state index is 10.7. The maximum absolute atomic E-state index is 10.7. The van der Waals surface area contributed by atoms with Gasteiger partial charge in [0.25, 0.3) is 0 Å². The average molecular weight is 243 g/mol. The van der Waals surface area contributed by atoms with Crippen LogP contribution in [0, 0.1) is 6.92 Å². The average Bonchev–Trinajstić information content (AvgIpc) is 2.38. The van der Waals surface area contributed by atoms with Gasteiger partial charge >= 0.3 is 5.97 Å². The van der Waals surface area contributed by atoms with E-state index in [1.54, 1.807) is 0 Å². The van der Waals surface area contributed by atoms with Gasteiger partial charge < -0.3 is 10.4 Å². The minimum absolute atomic E-state index is 0.0172. The third-order valence-corrected chi connectivity index (χ3v) is 2.48. The standard InChI is InChI=1S/C13H13N3O2/c1-9-2-4-10(5-3-9)7-14-12-6-11(13(17)18)15-8-16-12/h2-6,8H,7H2,1H3,(H,17,18)(H,14,15,16). The molecule has 1 heterocycles. The zero-order chi connectivity index (χ0) is 13.0. The van der Waals surface area contributed by atoms with Gasteiger partial charge in [0.05, 0.1) is 0 Å². The monoisotopic (exact) mass is 243 g/mol. The molecule has 0 spiro atoms. The molecule has 2 rings (SSSR count). The molecule has 1 aromatic carbocycles. The van der Waals surface area contributed by atoms with Crippen LogP contribution in [-0.4, -0.2) is 21.0 Å². The number of aromatic nitrogens is 2. The van der Waals surface area contributed by atoms with Gasteiger partial charge in [-0.2, -0.15) is 0 Å². The molecule has 5 nitrogen and oxygen atoms in total. The Hall–Kier alpha value is -2.43. The highest BCUT2D eigenvalue weighted by Crippen LogP contribution is 2.08. The van der Waals surface area contributed by atoms with Crippen LogP contribution >= 0.6 is 0 Å². The number of aromatic carboxylic acids is 1. The summed E-state index contributed by atoms with van der Waals surface area (Å²) in [5, 5.41) is 11.9. The van der Waals surface area contributed by atoms with E-state index in [1.807, 2.05) is 31.2 Å². The minimum Gasteiger partial charge on any atom is -0.477 e. The van der Waals surface area contributed by atoms with Gasteiger partial charge in [-0.15, -0.1) is 0 Å². The van der Waals surface area contributed by atoms with Crippen LogP contribution in [0.15, 0.2) is 36.7 Å². The van der Waals surface area contributed by atoms with Crippen LogP contribution < -0.4 is 5.32 Å². The first kappa shape index (κ1) is 12.0. The van der Waals surface area contributed by atoms with Gasteiger partial charge in [-0.3, -0.25) is 0 Å². The molecule has 0 bridgehead atoms. The van der Waals surface area contributed by atoms with E-state index in [0.29, 0.717) is 12.4 Å². The molecule has 0 aliphatic carbocycles. The second-order valence-electron chi connectivity index (χ2n) is 3.93. The summed E-state index contributed by atoms with van der Waals surface area (Å²) in [5.41, 5.74) is 2.29. The molecule has 0 unspecified atom stereocenters. The van der Waals surface area contributed by atoms with Crippen molar-refractivity contribution in [1.29, 1.82) is 0 Å². The van der Waals surface area contributed by atoms with Crippen molar-refractivity contribution in [3.63, 3.8) is 0 Å². The molecule has 0 amide bonds. The second-order valence-corrected chi connectivity index (χ2v) is 3.93. The van der Waals surface area contributed by atoms with Crippen LogP contribution in [0.3, 0.4) is 0 Å². The smallest absolute Gasteiger partial charge is 0.354 e. The lowest BCUT2D eigenvalue weighted by Gasteiger charge is -2.06. The van der Waals surface area contributed by atoms with Gasteiger partial charge in [0, 0.05) is 12.6 Å². The predicted octanol–water partition coefficient (Wildman–Crippen LogP) is 2.10. The number of nitrogens with zero attached hydrogens (tertiary/aromatic N) is 2. The quantitative estimate of drug-likeness (QED) is 0.860. The van der Waals surface area contributed by atoms with E-state index in [0.717, 1.165) is 5.56 Å². The second kappa shape index (κ2) is 5.27. The number of carboxylic acid groups (broad SMARTS) is 1. The molecular weight excluding hydrogens is 230 g/mol. The molecule has 1 aromatic heterocycles. The van der Waals surface area contributed by atoms with Crippen molar-refractivity contribution in [3.8, 4) is 0 Å². The van der Waals surface area contributed by atoms with Crippen LogP contribution in [0.5, 0.6) is 0 Å². The first-order valence-electron chi connectivity index (χ1n) is 5.50.